The Morgan fingerprint density at radius 3 is 1.70 bits per heavy atom. The highest BCUT2D eigenvalue weighted by Gasteiger charge is 2.76. The number of hydrogen-bond donors (Lipinski definition) is 12. The average molecular weight is 1170 g/mol. The Morgan fingerprint density at radius 2 is 1.18 bits per heavy atom. The Hall–Kier alpha value is -3.05. The molecule has 12 N–H and O–H groups in total. The molecule has 7 fully saturated rings. The summed E-state index contributed by atoms with van der Waals surface area (Å²) in [5.74, 6) is -1.64. The van der Waals surface area contributed by atoms with Crippen molar-refractivity contribution >= 4 is 17.9 Å². The highest BCUT2D eigenvalue weighted by Crippen LogP contribution is 2.76. The van der Waals surface area contributed by atoms with E-state index in [0.29, 0.717) is 35.3 Å². The standard InChI is InChI=1S/C41H64O7.C18H30O16/c1-13-23(3)34(45)47-32-33(48-35(46)24(4)14-2)41(22-42)27(21-36(32,6)7)26-15-16-29-38(10)19-17-25(5)37(8,9)28(38)18-20-39(29,11)40(26,12)30(43)31(41)44;1-29-18-14(34-17-10(25)8(23)6(21)4(2-19)30-17)12(11(26)13(33-18)15(27)28)32-16-9(24)7(22)5(3-20)31-16/h13-15,25,27-33,42-44H,16-22H2,1-12H3;4-14,16-26H,2-3H2,1H3,(H,27,28)/b23-13-,24-14-;/t25-,27?,28?,29?,30-,31+,32-,33-,38-,39+,40-,41?;/m0./s1. The lowest BCUT2D eigenvalue weighted by atomic mass is 9.32. The number of carbonyl (C=O) groups is 3. The summed E-state index contributed by atoms with van der Waals surface area (Å²) < 4.78 is 44.4. The Kier molecular flexibility index (Phi) is 20.0. The van der Waals surface area contributed by atoms with Crippen LogP contribution in [0.15, 0.2) is 34.9 Å². The Bertz CT molecular complexity index is 2390. The molecule has 8 rings (SSSR count). The minimum absolute atomic E-state index is 0.0854. The first-order valence-electron chi connectivity index (χ1n) is 28.9. The smallest absolute Gasteiger partial charge is 0.335 e. The fourth-order valence-electron chi connectivity index (χ4n) is 16.1. The van der Waals surface area contributed by atoms with Gasteiger partial charge in [0.15, 0.2) is 31.1 Å². The zero-order chi connectivity index (χ0) is 61.3. The van der Waals surface area contributed by atoms with Crippen LogP contribution in [0, 0.1) is 56.2 Å². The van der Waals surface area contributed by atoms with E-state index >= 15 is 0 Å². The van der Waals surface area contributed by atoms with Gasteiger partial charge in [-0.05, 0) is 106 Å². The second kappa shape index (κ2) is 24.6. The molecule has 0 radical (unpaired) electrons. The summed E-state index contributed by atoms with van der Waals surface area (Å²) in [5, 5.41) is 126. The average Bonchev–Trinajstić information content (AvgIpc) is 0.748. The largest absolute Gasteiger partial charge is 0.479 e. The lowest BCUT2D eigenvalue weighted by Gasteiger charge is -2.73. The van der Waals surface area contributed by atoms with E-state index in [1.54, 1.807) is 39.8 Å². The van der Waals surface area contributed by atoms with Crippen LogP contribution in [-0.4, -0.2) is 217 Å². The monoisotopic (exact) mass is 1170 g/mol. The maximum atomic E-state index is 13.5. The van der Waals surface area contributed by atoms with Crippen molar-refractivity contribution < 1.29 is 114 Å². The van der Waals surface area contributed by atoms with Gasteiger partial charge >= 0.3 is 17.9 Å². The summed E-state index contributed by atoms with van der Waals surface area (Å²) in [6.07, 6.45) is -16.9. The second-order valence-electron chi connectivity index (χ2n) is 26.5. The molecule has 0 aromatic rings. The van der Waals surface area contributed by atoms with Crippen LogP contribution < -0.4 is 0 Å². The summed E-state index contributed by atoms with van der Waals surface area (Å²) in [5.41, 5.74) is -1.16. The number of carbonyl (C=O) groups excluding carboxylic acids is 2. The van der Waals surface area contributed by atoms with Crippen molar-refractivity contribution in [3.05, 3.63) is 34.9 Å². The third-order valence-electron chi connectivity index (χ3n) is 21.9. The first kappa shape index (κ1) is 66.5. The zero-order valence-corrected chi connectivity index (χ0v) is 49.7. The number of aliphatic hydroxyl groups excluding tert-OH is 11. The van der Waals surface area contributed by atoms with Crippen molar-refractivity contribution in [3.63, 3.8) is 0 Å². The predicted octanol–water partition coefficient (Wildman–Crippen LogP) is 1.15. The van der Waals surface area contributed by atoms with E-state index in [0.717, 1.165) is 38.4 Å². The third-order valence-corrected chi connectivity index (χ3v) is 21.9. The molecule has 0 aromatic heterocycles. The van der Waals surface area contributed by atoms with Gasteiger partial charge in [0.25, 0.3) is 0 Å². The fraction of sp³-hybridized carbons (Fsp3) is 0.847. The molecule has 0 amide bonds. The SMILES string of the molecule is C/C=C(/C)C(=O)O[C@H]1[C@H](OC(=O)/C(C)=C\C)C2(CO)C(CC1(C)C)C1=CCC3[C@@]4(C)CC[C@H](C)C(C)(C)C4CC[C@@]3(C)[C@]1(C)[C@@H](O)[C@H]2O.COC1OC(C(=O)O)C(O)C(OC2OC(CO)C(O)C2O)C1OC1OC(CO)C(O)C(O)C1O. The van der Waals surface area contributed by atoms with Gasteiger partial charge in [0.05, 0.1) is 37.4 Å². The van der Waals surface area contributed by atoms with Crippen molar-refractivity contribution in [1.82, 2.24) is 0 Å². The number of ether oxygens (including phenoxy) is 8. The van der Waals surface area contributed by atoms with Crippen LogP contribution >= 0.6 is 0 Å². The van der Waals surface area contributed by atoms with Crippen LogP contribution in [0.2, 0.25) is 0 Å². The predicted molar refractivity (Wildman–Crippen MR) is 288 cm³/mol. The summed E-state index contributed by atoms with van der Waals surface area (Å²) in [6, 6.07) is 0. The third kappa shape index (κ3) is 10.8. The molecule has 3 saturated heterocycles. The summed E-state index contributed by atoms with van der Waals surface area (Å²) in [6.45, 7) is 23.2. The van der Waals surface area contributed by atoms with Gasteiger partial charge in [-0.2, -0.15) is 0 Å². The zero-order valence-electron chi connectivity index (χ0n) is 49.7. The van der Waals surface area contributed by atoms with Crippen molar-refractivity contribution in [2.75, 3.05) is 26.9 Å². The molecule has 3 heterocycles. The van der Waals surface area contributed by atoms with Crippen LogP contribution in [0.4, 0.5) is 0 Å². The molecule has 23 heteroatoms. The van der Waals surface area contributed by atoms with Gasteiger partial charge in [-0.1, -0.05) is 79.2 Å². The molecule has 468 valence electrons. The Labute approximate surface area is 480 Å². The van der Waals surface area contributed by atoms with E-state index in [4.69, 9.17) is 37.9 Å². The molecular formula is C59H94O23. The van der Waals surface area contributed by atoms with E-state index in [2.05, 4.69) is 47.6 Å². The van der Waals surface area contributed by atoms with Crippen molar-refractivity contribution in [2.45, 2.75) is 232 Å². The maximum Gasteiger partial charge on any atom is 0.335 e. The Balaban J connectivity index is 0.000000251. The number of fused-ring (bicyclic) bond motifs is 7. The number of allylic oxidation sites excluding steroid dienone is 3. The number of esters is 2. The first-order valence-corrected chi connectivity index (χ1v) is 28.9. The van der Waals surface area contributed by atoms with Crippen LogP contribution in [-0.2, 0) is 52.3 Å². The molecule has 18 unspecified atom stereocenters. The number of methoxy groups -OCH3 is 1. The number of rotatable bonds is 13. The molecule has 26 atom stereocenters. The van der Waals surface area contributed by atoms with Crippen molar-refractivity contribution in [1.29, 1.82) is 0 Å². The van der Waals surface area contributed by atoms with Crippen molar-refractivity contribution in [3.8, 4) is 0 Å². The molecule has 0 aromatic carbocycles. The molecule has 23 nitrogen and oxygen atoms in total. The van der Waals surface area contributed by atoms with Gasteiger partial charge in [0.2, 0.25) is 0 Å². The highest BCUT2D eigenvalue weighted by atomic mass is 16.8. The number of aliphatic hydroxyl groups is 11. The minimum Gasteiger partial charge on any atom is -0.479 e. The molecule has 0 spiro atoms. The second-order valence-corrected chi connectivity index (χ2v) is 26.5. The molecule has 0 bridgehead atoms. The van der Waals surface area contributed by atoms with Gasteiger partial charge < -0.3 is 99.2 Å². The van der Waals surface area contributed by atoms with E-state index in [1.807, 2.05) is 13.8 Å². The molecule has 4 saturated carbocycles. The highest BCUT2D eigenvalue weighted by molar-refractivity contribution is 5.89. The lowest BCUT2D eigenvalue weighted by molar-refractivity contribution is -0.374. The quantitative estimate of drug-likeness (QED) is 0.0699. The van der Waals surface area contributed by atoms with E-state index in [9.17, 15) is 75.7 Å². The van der Waals surface area contributed by atoms with E-state index in [1.165, 1.54) is 6.42 Å². The molecule has 3 aliphatic heterocycles. The maximum absolute atomic E-state index is 13.5. The molecule has 82 heavy (non-hydrogen) atoms. The molecule has 8 aliphatic rings. The topological polar surface area (TPSA) is 368 Å². The molecular weight excluding hydrogens is 1080 g/mol. The number of carboxylic acids is 1. The van der Waals surface area contributed by atoms with Crippen LogP contribution in [0.5, 0.6) is 0 Å². The minimum atomic E-state index is -1.97. The van der Waals surface area contributed by atoms with Gasteiger partial charge in [0.1, 0.15) is 67.1 Å². The normalized spacial score (nSPS) is 47.9. The summed E-state index contributed by atoms with van der Waals surface area (Å²) in [7, 11) is 1.11. The van der Waals surface area contributed by atoms with E-state index < -0.39 is 170 Å². The molecule has 5 aliphatic carbocycles. The number of carboxylic acid groups (broad SMARTS) is 1. The van der Waals surface area contributed by atoms with Crippen LogP contribution in [0.3, 0.4) is 0 Å². The fourth-order valence-corrected chi connectivity index (χ4v) is 16.1. The van der Waals surface area contributed by atoms with Crippen LogP contribution in [0.1, 0.15) is 122 Å². The number of hydrogen-bond acceptors (Lipinski definition) is 22. The van der Waals surface area contributed by atoms with Gasteiger partial charge in [0, 0.05) is 29.1 Å². The summed E-state index contributed by atoms with van der Waals surface area (Å²) in [4.78, 5) is 38.4. The lowest BCUT2D eigenvalue weighted by Crippen LogP contribution is -2.76. The van der Waals surface area contributed by atoms with Gasteiger partial charge in [-0.15, -0.1) is 0 Å². The summed E-state index contributed by atoms with van der Waals surface area (Å²) >= 11 is 0. The van der Waals surface area contributed by atoms with Crippen LogP contribution in [0.25, 0.3) is 0 Å². The van der Waals surface area contributed by atoms with Crippen molar-refractivity contribution in [2.24, 2.45) is 56.2 Å². The van der Waals surface area contributed by atoms with Gasteiger partial charge in [-0.25, -0.2) is 14.4 Å². The Morgan fingerprint density at radius 1 is 0.659 bits per heavy atom. The van der Waals surface area contributed by atoms with E-state index in [-0.39, 0.29) is 16.2 Å². The number of aliphatic carboxylic acids is 1. The first-order chi connectivity index (χ1) is 38.2. The van der Waals surface area contributed by atoms with Gasteiger partial charge in [-0.3, -0.25) is 0 Å².